The lowest BCUT2D eigenvalue weighted by atomic mass is 9.95. The van der Waals surface area contributed by atoms with Crippen LogP contribution >= 0.6 is 0 Å². The van der Waals surface area contributed by atoms with Crippen molar-refractivity contribution in [3.63, 3.8) is 0 Å². The molecule has 3 rings (SSSR count). The standard InChI is InChI=1S/C26H33N3O3/c1-28(2)23(22-11-7-8-12-24(22)32-3)19-27-26(31)21-15-17-29(18-16-21)25(30)14-13-20-9-5-4-6-10-20/h4-14,21,23H,15-19H2,1-3H3,(H,27,31)/b14-13+. The van der Waals surface area contributed by atoms with E-state index in [0.717, 1.165) is 16.9 Å². The molecule has 6 nitrogen and oxygen atoms in total. The summed E-state index contributed by atoms with van der Waals surface area (Å²) < 4.78 is 5.50. The molecule has 6 heteroatoms. The van der Waals surface area contributed by atoms with Crippen molar-refractivity contribution in [3.05, 3.63) is 71.8 Å². The molecule has 0 aromatic heterocycles. The Labute approximate surface area is 190 Å². The zero-order valence-electron chi connectivity index (χ0n) is 19.2. The Morgan fingerprint density at radius 1 is 1.09 bits per heavy atom. The van der Waals surface area contributed by atoms with E-state index in [-0.39, 0.29) is 23.8 Å². The molecule has 1 aliphatic rings. The highest BCUT2D eigenvalue weighted by Crippen LogP contribution is 2.27. The summed E-state index contributed by atoms with van der Waals surface area (Å²) in [6.07, 6.45) is 4.81. The summed E-state index contributed by atoms with van der Waals surface area (Å²) in [6.45, 7) is 1.70. The number of likely N-dealkylation sites (tertiary alicyclic amines) is 1. The molecule has 1 heterocycles. The van der Waals surface area contributed by atoms with Crippen LogP contribution in [0.5, 0.6) is 5.75 Å². The number of likely N-dealkylation sites (N-methyl/N-ethyl adjacent to an activating group) is 1. The van der Waals surface area contributed by atoms with E-state index in [1.54, 1.807) is 13.2 Å². The van der Waals surface area contributed by atoms with Gasteiger partial charge in [-0.25, -0.2) is 0 Å². The number of hydrogen-bond acceptors (Lipinski definition) is 4. The Morgan fingerprint density at radius 2 is 1.75 bits per heavy atom. The van der Waals surface area contributed by atoms with Crippen LogP contribution in [0.3, 0.4) is 0 Å². The quantitative estimate of drug-likeness (QED) is 0.646. The van der Waals surface area contributed by atoms with Crippen LogP contribution < -0.4 is 10.1 Å². The summed E-state index contributed by atoms with van der Waals surface area (Å²) in [5, 5.41) is 3.12. The van der Waals surface area contributed by atoms with Gasteiger partial charge in [-0.15, -0.1) is 0 Å². The van der Waals surface area contributed by atoms with Gasteiger partial charge in [0.05, 0.1) is 13.2 Å². The van der Waals surface area contributed by atoms with Gasteiger partial charge in [-0.2, -0.15) is 0 Å². The molecule has 170 valence electrons. The van der Waals surface area contributed by atoms with Gasteiger partial charge in [0, 0.05) is 37.2 Å². The van der Waals surface area contributed by atoms with Gasteiger partial charge in [0.2, 0.25) is 11.8 Å². The second-order valence-corrected chi connectivity index (χ2v) is 8.31. The lowest BCUT2D eigenvalue weighted by molar-refractivity contribution is -0.132. The number of piperidine rings is 1. The number of para-hydroxylation sites is 1. The molecule has 2 amide bonds. The maximum Gasteiger partial charge on any atom is 0.246 e. The first-order valence-corrected chi connectivity index (χ1v) is 11.1. The third-order valence-corrected chi connectivity index (χ3v) is 5.99. The highest BCUT2D eigenvalue weighted by atomic mass is 16.5. The maximum absolute atomic E-state index is 12.8. The number of methoxy groups -OCH3 is 1. The minimum absolute atomic E-state index is 0.00319. The minimum Gasteiger partial charge on any atom is -0.496 e. The molecule has 0 radical (unpaired) electrons. The Hall–Kier alpha value is -3.12. The first-order chi connectivity index (χ1) is 15.5. The van der Waals surface area contributed by atoms with Crippen LogP contribution in [-0.4, -0.2) is 62.5 Å². The summed E-state index contributed by atoms with van der Waals surface area (Å²) >= 11 is 0. The summed E-state index contributed by atoms with van der Waals surface area (Å²) in [5.74, 6) is 0.795. The predicted octanol–water partition coefficient (Wildman–Crippen LogP) is 3.37. The van der Waals surface area contributed by atoms with Crippen LogP contribution in [0, 0.1) is 5.92 Å². The molecule has 0 aliphatic carbocycles. The van der Waals surface area contributed by atoms with Crippen molar-refractivity contribution in [3.8, 4) is 5.75 Å². The molecule has 0 bridgehead atoms. The van der Waals surface area contributed by atoms with Crippen LogP contribution in [0.4, 0.5) is 0 Å². The predicted molar refractivity (Wildman–Crippen MR) is 127 cm³/mol. The third-order valence-electron chi connectivity index (χ3n) is 5.99. The zero-order valence-corrected chi connectivity index (χ0v) is 19.2. The molecule has 0 spiro atoms. The molecule has 32 heavy (non-hydrogen) atoms. The van der Waals surface area contributed by atoms with Gasteiger partial charge in [0.25, 0.3) is 0 Å². The fourth-order valence-corrected chi connectivity index (χ4v) is 4.05. The Bertz CT molecular complexity index is 919. The molecule has 1 saturated heterocycles. The second kappa shape index (κ2) is 11.5. The number of nitrogens with one attached hydrogen (secondary N) is 1. The summed E-state index contributed by atoms with van der Waals surface area (Å²) in [5.41, 5.74) is 2.05. The molecule has 1 atom stereocenters. The van der Waals surface area contributed by atoms with E-state index in [1.807, 2.05) is 79.7 Å². The Kier molecular flexibility index (Phi) is 8.45. The largest absolute Gasteiger partial charge is 0.496 e. The van der Waals surface area contributed by atoms with Crippen molar-refractivity contribution in [2.45, 2.75) is 18.9 Å². The lowest BCUT2D eigenvalue weighted by Gasteiger charge is -2.32. The topological polar surface area (TPSA) is 61.9 Å². The molecule has 0 saturated carbocycles. The van der Waals surface area contributed by atoms with Crippen molar-refractivity contribution in [2.75, 3.05) is 40.8 Å². The van der Waals surface area contributed by atoms with Crippen molar-refractivity contribution in [1.82, 2.24) is 15.1 Å². The normalized spacial score (nSPS) is 15.7. The van der Waals surface area contributed by atoms with E-state index in [2.05, 4.69) is 10.2 Å². The van der Waals surface area contributed by atoms with Crippen LogP contribution in [0.15, 0.2) is 60.7 Å². The number of nitrogens with zero attached hydrogens (tertiary/aromatic N) is 2. The summed E-state index contributed by atoms with van der Waals surface area (Å²) in [7, 11) is 5.65. The molecular weight excluding hydrogens is 402 g/mol. The SMILES string of the molecule is COc1ccccc1C(CNC(=O)C1CCN(C(=O)/C=C/c2ccccc2)CC1)N(C)C. The molecule has 1 unspecified atom stereocenters. The van der Waals surface area contributed by atoms with Crippen LogP contribution in [0.2, 0.25) is 0 Å². The van der Waals surface area contributed by atoms with Gasteiger partial charge in [-0.3, -0.25) is 9.59 Å². The average molecular weight is 436 g/mol. The Balaban J connectivity index is 1.50. The molecule has 1 N–H and O–H groups in total. The first kappa shape index (κ1) is 23.5. The number of rotatable bonds is 8. The lowest BCUT2D eigenvalue weighted by Crippen LogP contribution is -2.44. The third kappa shape index (κ3) is 6.20. The molecule has 2 aromatic carbocycles. The molecule has 1 aliphatic heterocycles. The van der Waals surface area contributed by atoms with Crippen molar-refractivity contribution in [1.29, 1.82) is 0 Å². The highest BCUT2D eigenvalue weighted by Gasteiger charge is 2.27. The van der Waals surface area contributed by atoms with Gasteiger partial charge in [0.15, 0.2) is 0 Å². The smallest absolute Gasteiger partial charge is 0.246 e. The molecule has 1 fully saturated rings. The van der Waals surface area contributed by atoms with Gasteiger partial charge < -0.3 is 19.9 Å². The van der Waals surface area contributed by atoms with E-state index in [0.29, 0.717) is 32.5 Å². The fraction of sp³-hybridized carbons (Fsp3) is 0.385. The number of ether oxygens (including phenoxy) is 1. The van der Waals surface area contributed by atoms with Gasteiger partial charge in [-0.1, -0.05) is 48.5 Å². The number of carbonyl (C=O) groups excluding carboxylic acids is 2. The van der Waals surface area contributed by atoms with Crippen molar-refractivity contribution >= 4 is 17.9 Å². The van der Waals surface area contributed by atoms with E-state index < -0.39 is 0 Å². The minimum atomic E-state index is -0.0716. The number of amides is 2. The number of carbonyl (C=O) groups is 2. The van der Waals surface area contributed by atoms with Crippen molar-refractivity contribution in [2.24, 2.45) is 5.92 Å². The van der Waals surface area contributed by atoms with Gasteiger partial charge in [-0.05, 0) is 44.6 Å². The van der Waals surface area contributed by atoms with Crippen molar-refractivity contribution < 1.29 is 14.3 Å². The number of benzene rings is 2. The molecule has 2 aromatic rings. The monoisotopic (exact) mass is 435 g/mol. The van der Waals surface area contributed by atoms with Gasteiger partial charge >= 0.3 is 0 Å². The van der Waals surface area contributed by atoms with Gasteiger partial charge in [0.1, 0.15) is 5.75 Å². The summed E-state index contributed by atoms with van der Waals surface area (Å²) in [6, 6.07) is 17.7. The first-order valence-electron chi connectivity index (χ1n) is 11.1. The summed E-state index contributed by atoms with van der Waals surface area (Å²) in [4.78, 5) is 29.2. The van der Waals surface area contributed by atoms with Crippen LogP contribution in [-0.2, 0) is 9.59 Å². The highest BCUT2D eigenvalue weighted by molar-refractivity contribution is 5.92. The van der Waals surface area contributed by atoms with Crippen LogP contribution in [0.1, 0.15) is 30.0 Å². The second-order valence-electron chi connectivity index (χ2n) is 8.31. The maximum atomic E-state index is 12.8. The van der Waals surface area contributed by atoms with E-state index in [1.165, 1.54) is 0 Å². The van der Waals surface area contributed by atoms with Crippen LogP contribution in [0.25, 0.3) is 6.08 Å². The average Bonchev–Trinajstić information content (AvgIpc) is 2.83. The Morgan fingerprint density at radius 3 is 2.41 bits per heavy atom. The fourth-order valence-electron chi connectivity index (χ4n) is 4.05. The zero-order chi connectivity index (χ0) is 22.9. The van der Waals surface area contributed by atoms with E-state index in [4.69, 9.17) is 4.74 Å². The van der Waals surface area contributed by atoms with E-state index in [9.17, 15) is 9.59 Å². The van der Waals surface area contributed by atoms with E-state index >= 15 is 0 Å². The number of hydrogen-bond donors (Lipinski definition) is 1. The molecular formula is C26H33N3O3.